The maximum absolute atomic E-state index is 12.5. The summed E-state index contributed by atoms with van der Waals surface area (Å²) >= 11 is 0. The lowest BCUT2D eigenvalue weighted by molar-refractivity contribution is 0.0952. The van der Waals surface area contributed by atoms with Crippen molar-refractivity contribution in [1.29, 1.82) is 0 Å². The van der Waals surface area contributed by atoms with Gasteiger partial charge < -0.3 is 10.3 Å². The zero-order valence-corrected chi connectivity index (χ0v) is 21.9. The first-order valence-electron chi connectivity index (χ1n) is 13.7. The predicted molar refractivity (Wildman–Crippen MR) is 150 cm³/mol. The number of fused-ring (bicyclic) bond motifs is 1. The molecule has 0 atom stereocenters. The number of nitrogens with zero attached hydrogens (tertiary/aromatic N) is 6. The molecule has 1 fully saturated rings. The molecule has 2 N–H and O–H groups in total. The third-order valence-electron chi connectivity index (χ3n) is 7.18. The maximum Gasteiger partial charge on any atom is 0.273 e. The highest BCUT2D eigenvalue weighted by atomic mass is 16.2. The SMILES string of the molecule is O=C(NCC1=C/CC\C=C/C=C\1)c1cn(CCCCc2cc3c(-c4ccncc4)c(C4CC4)[nH]c3nn2)nn1. The number of aromatic nitrogens is 7. The Hall–Kier alpha value is -4.40. The minimum absolute atomic E-state index is 0.209. The molecule has 9 nitrogen and oxygen atoms in total. The zero-order valence-electron chi connectivity index (χ0n) is 21.9. The number of hydrogen-bond acceptors (Lipinski definition) is 6. The van der Waals surface area contributed by atoms with Crippen LogP contribution in [0.5, 0.6) is 0 Å². The van der Waals surface area contributed by atoms with E-state index in [0.717, 1.165) is 60.0 Å². The van der Waals surface area contributed by atoms with E-state index < -0.39 is 0 Å². The van der Waals surface area contributed by atoms with Crippen LogP contribution in [0.2, 0.25) is 0 Å². The zero-order chi connectivity index (χ0) is 26.4. The molecule has 9 heteroatoms. The largest absolute Gasteiger partial charge is 0.347 e. The van der Waals surface area contributed by atoms with Crippen molar-refractivity contribution < 1.29 is 4.79 Å². The van der Waals surface area contributed by atoms with Crippen LogP contribution in [0.1, 0.15) is 66.3 Å². The van der Waals surface area contributed by atoms with E-state index in [1.54, 1.807) is 10.9 Å². The van der Waals surface area contributed by atoms with Crippen LogP contribution < -0.4 is 5.32 Å². The van der Waals surface area contributed by atoms with E-state index in [0.29, 0.717) is 24.7 Å². The fraction of sp³-hybridized carbons (Fsp3) is 0.333. The smallest absolute Gasteiger partial charge is 0.273 e. The van der Waals surface area contributed by atoms with Crippen molar-refractivity contribution in [3.63, 3.8) is 0 Å². The van der Waals surface area contributed by atoms with Gasteiger partial charge in [0.15, 0.2) is 11.3 Å². The number of amides is 1. The molecular formula is C30H32N8O. The van der Waals surface area contributed by atoms with E-state index in [4.69, 9.17) is 0 Å². The third kappa shape index (κ3) is 6.03. The summed E-state index contributed by atoms with van der Waals surface area (Å²) in [6.07, 6.45) is 22.8. The lowest BCUT2D eigenvalue weighted by Gasteiger charge is -2.05. The summed E-state index contributed by atoms with van der Waals surface area (Å²) < 4.78 is 1.74. The molecule has 0 spiro atoms. The minimum atomic E-state index is -0.209. The average molecular weight is 521 g/mol. The van der Waals surface area contributed by atoms with Gasteiger partial charge in [0.05, 0.1) is 11.9 Å². The Morgan fingerprint density at radius 3 is 2.85 bits per heavy atom. The summed E-state index contributed by atoms with van der Waals surface area (Å²) in [5.41, 5.74) is 6.92. The second-order valence-electron chi connectivity index (χ2n) is 10.2. The summed E-state index contributed by atoms with van der Waals surface area (Å²) in [6.45, 7) is 1.17. The van der Waals surface area contributed by atoms with Crippen molar-refractivity contribution in [1.82, 2.24) is 40.5 Å². The van der Waals surface area contributed by atoms with Crippen LogP contribution in [0.25, 0.3) is 22.2 Å². The van der Waals surface area contributed by atoms with Crippen LogP contribution in [0.15, 0.2) is 72.7 Å². The van der Waals surface area contributed by atoms with E-state index in [-0.39, 0.29) is 5.91 Å². The van der Waals surface area contributed by atoms with Crippen LogP contribution in [0.4, 0.5) is 0 Å². The van der Waals surface area contributed by atoms with Crippen molar-refractivity contribution in [2.24, 2.45) is 0 Å². The molecule has 2 aliphatic carbocycles. The Bertz CT molecular complexity index is 1540. The molecule has 0 aromatic carbocycles. The molecule has 6 rings (SSSR count). The van der Waals surface area contributed by atoms with E-state index in [1.807, 2.05) is 30.6 Å². The van der Waals surface area contributed by atoms with Gasteiger partial charge >= 0.3 is 0 Å². The van der Waals surface area contributed by atoms with Gasteiger partial charge in [-0.1, -0.05) is 35.6 Å². The Balaban J connectivity index is 1.04. The summed E-state index contributed by atoms with van der Waals surface area (Å²) in [7, 11) is 0. The van der Waals surface area contributed by atoms with Crippen molar-refractivity contribution in [3.8, 4) is 11.1 Å². The summed E-state index contributed by atoms with van der Waals surface area (Å²) in [6, 6.07) is 6.30. The molecule has 1 saturated carbocycles. The highest BCUT2D eigenvalue weighted by molar-refractivity contribution is 5.96. The first kappa shape index (κ1) is 24.9. The highest BCUT2D eigenvalue weighted by Gasteiger charge is 2.30. The molecule has 1 amide bonds. The quantitative estimate of drug-likeness (QED) is 0.282. The number of aryl methyl sites for hydroxylation is 2. The molecule has 2 aliphatic rings. The topological polar surface area (TPSA) is 114 Å². The minimum Gasteiger partial charge on any atom is -0.347 e. The standard InChI is InChI=1S/C30H32N8O/c39-30(32-19-21-8-4-2-1-3-5-9-21)26-20-38(37-35-26)17-7-6-10-24-18-25-27(22-13-15-31-16-14-22)28(23-11-12-23)33-29(25)36-34-24/h1-2,4,8-9,13-16,18,20,23H,3,5-7,10-12,17,19H2,(H,32,39)(H,33,36)/b2-1-,8-4-,21-9+. The lowest BCUT2D eigenvalue weighted by Crippen LogP contribution is -2.25. The van der Waals surface area contributed by atoms with Crippen LogP contribution >= 0.6 is 0 Å². The van der Waals surface area contributed by atoms with Gasteiger partial charge in [-0.2, -0.15) is 5.10 Å². The molecule has 0 unspecified atom stereocenters. The Labute approximate surface area is 227 Å². The maximum atomic E-state index is 12.5. The molecule has 4 heterocycles. The van der Waals surface area contributed by atoms with Gasteiger partial charge in [0.2, 0.25) is 0 Å². The van der Waals surface area contributed by atoms with Gasteiger partial charge in [0.25, 0.3) is 5.91 Å². The number of hydrogen-bond donors (Lipinski definition) is 2. The van der Waals surface area contributed by atoms with Crippen LogP contribution in [0.3, 0.4) is 0 Å². The van der Waals surface area contributed by atoms with Crippen molar-refractivity contribution in [2.45, 2.75) is 57.4 Å². The lowest BCUT2D eigenvalue weighted by atomic mass is 10.0. The van der Waals surface area contributed by atoms with Gasteiger partial charge in [-0.15, -0.1) is 10.2 Å². The van der Waals surface area contributed by atoms with Crippen molar-refractivity contribution in [3.05, 3.63) is 89.8 Å². The predicted octanol–water partition coefficient (Wildman–Crippen LogP) is 5.07. The molecule has 0 aliphatic heterocycles. The number of unbranched alkanes of at least 4 members (excludes halogenated alkanes) is 1. The average Bonchev–Trinajstić information content (AvgIpc) is 3.56. The van der Waals surface area contributed by atoms with Crippen LogP contribution in [0, 0.1) is 0 Å². The van der Waals surface area contributed by atoms with Gasteiger partial charge in [0, 0.05) is 42.1 Å². The third-order valence-corrected chi connectivity index (χ3v) is 7.18. The fourth-order valence-corrected chi connectivity index (χ4v) is 4.96. The van der Waals surface area contributed by atoms with E-state index >= 15 is 0 Å². The van der Waals surface area contributed by atoms with Crippen molar-refractivity contribution in [2.75, 3.05) is 6.54 Å². The van der Waals surface area contributed by atoms with Crippen LogP contribution in [-0.2, 0) is 13.0 Å². The van der Waals surface area contributed by atoms with Gasteiger partial charge in [-0.25, -0.2) is 0 Å². The molecule has 4 aromatic rings. The first-order valence-corrected chi connectivity index (χ1v) is 13.7. The molecule has 0 saturated heterocycles. The molecular weight excluding hydrogens is 488 g/mol. The number of carbonyl (C=O) groups is 1. The number of H-pyrrole nitrogens is 1. The normalized spacial score (nSPS) is 18.2. The monoisotopic (exact) mass is 520 g/mol. The Morgan fingerprint density at radius 2 is 1.97 bits per heavy atom. The fourth-order valence-electron chi connectivity index (χ4n) is 4.96. The molecule has 0 bridgehead atoms. The number of carbonyl (C=O) groups excluding carboxylic acids is 1. The van der Waals surface area contributed by atoms with Crippen molar-refractivity contribution >= 4 is 16.9 Å². The summed E-state index contributed by atoms with van der Waals surface area (Å²) in [4.78, 5) is 20.3. The van der Waals surface area contributed by atoms with E-state index in [1.165, 1.54) is 24.1 Å². The summed E-state index contributed by atoms with van der Waals surface area (Å²) in [5, 5.41) is 21.3. The number of nitrogens with one attached hydrogen (secondary N) is 2. The molecule has 198 valence electrons. The number of rotatable bonds is 10. The molecule has 39 heavy (non-hydrogen) atoms. The highest BCUT2D eigenvalue weighted by Crippen LogP contribution is 2.46. The first-order chi connectivity index (χ1) is 19.2. The number of aromatic amines is 1. The second kappa shape index (κ2) is 11.6. The van der Waals surface area contributed by atoms with E-state index in [2.05, 4.69) is 66.1 Å². The van der Waals surface area contributed by atoms with Gasteiger partial charge in [0.1, 0.15) is 0 Å². The van der Waals surface area contributed by atoms with Gasteiger partial charge in [-0.3, -0.25) is 14.5 Å². The summed E-state index contributed by atoms with van der Waals surface area (Å²) in [5.74, 6) is 0.368. The van der Waals surface area contributed by atoms with E-state index in [9.17, 15) is 4.79 Å². The Morgan fingerprint density at radius 1 is 1.08 bits per heavy atom. The number of pyridine rings is 1. The van der Waals surface area contributed by atoms with Gasteiger partial charge in [-0.05, 0) is 80.2 Å². The second-order valence-corrected chi connectivity index (χ2v) is 10.2. The molecule has 0 radical (unpaired) electrons. The number of allylic oxidation sites excluding steroid dienone is 4. The van der Waals surface area contributed by atoms with Crippen LogP contribution in [-0.4, -0.2) is 47.6 Å². The molecule has 4 aromatic heterocycles. The Kier molecular flexibility index (Phi) is 7.38.